The minimum Gasteiger partial charge on any atom is -0.870 e. The summed E-state index contributed by atoms with van der Waals surface area (Å²) < 4.78 is 23.1. The summed E-state index contributed by atoms with van der Waals surface area (Å²) in [5, 5.41) is 0.867. The molecule has 260 valence electrons. The molecule has 0 radical (unpaired) electrons. The number of pyridine rings is 1. The standard InChI is InChI=1S/C36H37Cl2N3O6S.H2O/c1-40-14-13-25(19-40)46-35(43)36(24-7-5-4-6-8-24)21-41(22-36)20-26-10-12-33(48-26)34(42)47-31(16-27-28(37)17-39-18-29(27)38)23-9-11-30(44-2)32(15-23)45-3;/h4-12,15,17-18,25,31H,13-14,16,19-22H2,1-3H3;1H2/t25-,31+;/m1./s1. The smallest absolute Gasteiger partial charge is 0.348 e. The topological polar surface area (TPSA) is 122 Å². The lowest BCUT2D eigenvalue weighted by Crippen LogP contribution is -2.63. The van der Waals surface area contributed by atoms with Crippen LogP contribution in [0.3, 0.4) is 0 Å². The van der Waals surface area contributed by atoms with Gasteiger partial charge in [-0.25, -0.2) is 9.78 Å². The van der Waals surface area contributed by atoms with Gasteiger partial charge in [-0.1, -0.05) is 59.6 Å². The lowest BCUT2D eigenvalue weighted by atomic mass is 9.73. The van der Waals surface area contributed by atoms with Crippen LogP contribution in [0.4, 0.5) is 0 Å². The van der Waals surface area contributed by atoms with Crippen LogP contribution in [0.15, 0.2) is 73.1 Å². The van der Waals surface area contributed by atoms with Gasteiger partial charge in [0.1, 0.15) is 32.5 Å². The summed E-state index contributed by atoms with van der Waals surface area (Å²) in [6.07, 6.45) is 3.57. The first-order valence-corrected chi connectivity index (χ1v) is 17.3. The molecule has 0 saturated carbocycles. The van der Waals surface area contributed by atoms with E-state index in [2.05, 4.69) is 14.8 Å². The van der Waals surface area contributed by atoms with Crippen molar-refractivity contribution in [1.82, 2.24) is 9.80 Å². The van der Waals surface area contributed by atoms with Gasteiger partial charge in [0, 0.05) is 49.6 Å². The largest absolute Gasteiger partial charge is 0.870 e. The second-order valence-corrected chi connectivity index (χ2v) is 14.3. The van der Waals surface area contributed by atoms with Crippen molar-refractivity contribution in [3.05, 3.63) is 110 Å². The average Bonchev–Trinajstić information content (AvgIpc) is 3.72. The SMILES string of the molecule is COc1ccc([C@H](Cc2c(Cl)c[nH+]cc2Cl)OC(=O)c2ccc(CN3CC(C(=O)O[C@@H]4CCN(C)C4)(c4ccccc4)C3)s2)cc1OC.[OH-]. The Morgan fingerprint density at radius 2 is 1.71 bits per heavy atom. The molecule has 2 aromatic carbocycles. The molecule has 2 fully saturated rings. The molecule has 2 aromatic heterocycles. The minimum absolute atomic E-state index is 0. The molecule has 49 heavy (non-hydrogen) atoms. The summed E-state index contributed by atoms with van der Waals surface area (Å²) >= 11 is 14.3. The number of aromatic nitrogens is 1. The number of ether oxygens (including phenoxy) is 4. The van der Waals surface area contributed by atoms with Crippen LogP contribution in [0.25, 0.3) is 0 Å². The monoisotopic (exact) mass is 727 g/mol. The Morgan fingerprint density at radius 1 is 1.00 bits per heavy atom. The third kappa shape index (κ3) is 8.03. The number of aromatic amines is 1. The molecule has 0 spiro atoms. The van der Waals surface area contributed by atoms with Gasteiger partial charge in [0.2, 0.25) is 0 Å². The highest BCUT2D eigenvalue weighted by atomic mass is 35.5. The zero-order valence-corrected chi connectivity index (χ0v) is 29.8. The van der Waals surface area contributed by atoms with Gasteiger partial charge in [-0.05, 0) is 48.9 Å². The Morgan fingerprint density at radius 3 is 2.37 bits per heavy atom. The number of hydrogen-bond donors (Lipinski definition) is 0. The normalized spacial score (nSPS) is 17.8. The Labute approximate surface area is 299 Å². The van der Waals surface area contributed by atoms with E-state index in [1.165, 1.54) is 11.3 Å². The number of H-pyrrole nitrogens is 1. The number of methoxy groups -OCH3 is 2. The molecule has 6 rings (SSSR count). The highest BCUT2D eigenvalue weighted by Gasteiger charge is 2.52. The fourth-order valence-electron chi connectivity index (χ4n) is 6.39. The molecule has 2 saturated heterocycles. The summed E-state index contributed by atoms with van der Waals surface area (Å²) in [5.41, 5.74) is 1.60. The zero-order chi connectivity index (χ0) is 33.8. The number of likely N-dealkylation sites (tertiary alicyclic amines) is 2. The number of nitrogens with zero attached hydrogens (tertiary/aromatic N) is 2. The lowest BCUT2D eigenvalue weighted by molar-refractivity contribution is -0.377. The second-order valence-electron chi connectivity index (χ2n) is 12.3. The first-order valence-electron chi connectivity index (χ1n) is 15.7. The third-order valence-corrected chi connectivity index (χ3v) is 10.7. The molecular weight excluding hydrogens is 689 g/mol. The van der Waals surface area contributed by atoms with Crippen LogP contribution in [-0.2, 0) is 32.6 Å². The summed E-state index contributed by atoms with van der Waals surface area (Å²) in [4.78, 5) is 36.0. The van der Waals surface area contributed by atoms with E-state index in [0.717, 1.165) is 30.0 Å². The summed E-state index contributed by atoms with van der Waals surface area (Å²) in [6, 6.07) is 19.0. The van der Waals surface area contributed by atoms with Crippen molar-refractivity contribution in [1.29, 1.82) is 0 Å². The Hall–Kier alpha value is -3.71. The number of carbonyl (C=O) groups excluding carboxylic acids is 2. The van der Waals surface area contributed by atoms with Crippen LogP contribution in [-0.4, -0.2) is 80.8 Å². The molecule has 10 nitrogen and oxygen atoms in total. The summed E-state index contributed by atoms with van der Waals surface area (Å²) in [5.74, 6) is 0.432. The van der Waals surface area contributed by atoms with Gasteiger partial charge in [0.15, 0.2) is 23.9 Å². The van der Waals surface area contributed by atoms with Crippen LogP contribution in [0.2, 0.25) is 10.0 Å². The minimum atomic E-state index is -0.716. The van der Waals surface area contributed by atoms with Gasteiger partial charge in [-0.15, -0.1) is 11.3 Å². The molecule has 4 heterocycles. The van der Waals surface area contributed by atoms with Crippen LogP contribution in [0, 0.1) is 0 Å². The number of esters is 2. The van der Waals surface area contributed by atoms with Crippen molar-refractivity contribution in [2.75, 3.05) is 47.4 Å². The zero-order valence-electron chi connectivity index (χ0n) is 27.5. The fraction of sp³-hybridized carbons (Fsp3) is 0.361. The van der Waals surface area contributed by atoms with Crippen LogP contribution >= 0.6 is 34.5 Å². The van der Waals surface area contributed by atoms with E-state index in [1.54, 1.807) is 44.8 Å². The molecule has 4 aromatic rings. The Kier molecular flexibility index (Phi) is 11.9. The van der Waals surface area contributed by atoms with Crippen molar-refractivity contribution in [3.8, 4) is 11.5 Å². The summed E-state index contributed by atoms with van der Waals surface area (Å²) in [7, 11) is 5.16. The van der Waals surface area contributed by atoms with Gasteiger partial charge < -0.3 is 29.3 Å². The quantitative estimate of drug-likeness (QED) is 0.166. The molecule has 0 aliphatic carbocycles. The van der Waals surface area contributed by atoms with E-state index < -0.39 is 17.5 Å². The highest BCUT2D eigenvalue weighted by Crippen LogP contribution is 2.39. The Bertz CT molecular complexity index is 1750. The number of nitrogens with one attached hydrogen (secondary N) is 1. The molecule has 2 aliphatic rings. The summed E-state index contributed by atoms with van der Waals surface area (Å²) in [6.45, 7) is 3.34. The van der Waals surface area contributed by atoms with E-state index in [-0.39, 0.29) is 24.0 Å². The first kappa shape index (κ1) is 36.6. The molecular formula is C36H39Cl2N3O7S. The number of carbonyl (C=O) groups is 2. The van der Waals surface area contributed by atoms with Crippen molar-refractivity contribution in [2.45, 2.75) is 37.0 Å². The van der Waals surface area contributed by atoms with Gasteiger partial charge in [-0.2, -0.15) is 0 Å². The first-order chi connectivity index (χ1) is 23.2. The van der Waals surface area contributed by atoms with Crippen LogP contribution < -0.4 is 14.5 Å². The molecule has 13 heteroatoms. The number of benzene rings is 2. The maximum Gasteiger partial charge on any atom is 0.348 e. The number of likely N-dealkylation sites (N-methyl/N-ethyl adjacent to an activating group) is 1. The molecule has 0 bridgehead atoms. The Balaban J connectivity index is 0.00000468. The maximum atomic E-state index is 13.6. The predicted molar refractivity (Wildman–Crippen MR) is 186 cm³/mol. The molecule has 0 unspecified atom stereocenters. The molecule has 2 aliphatic heterocycles. The number of rotatable bonds is 12. The van der Waals surface area contributed by atoms with Gasteiger partial charge in [-0.3, -0.25) is 9.69 Å². The van der Waals surface area contributed by atoms with Crippen molar-refractivity contribution in [2.24, 2.45) is 0 Å². The maximum absolute atomic E-state index is 13.6. The second kappa shape index (κ2) is 15.9. The molecule has 0 amide bonds. The fourth-order valence-corrected chi connectivity index (χ4v) is 7.85. The van der Waals surface area contributed by atoms with E-state index >= 15 is 0 Å². The highest BCUT2D eigenvalue weighted by molar-refractivity contribution is 7.13. The molecule has 2 N–H and O–H groups in total. The van der Waals surface area contributed by atoms with Crippen molar-refractivity contribution < 1.29 is 39.0 Å². The average molecular weight is 729 g/mol. The van der Waals surface area contributed by atoms with E-state index in [9.17, 15) is 9.59 Å². The number of hydrogen-bond acceptors (Lipinski definition) is 10. The number of thiophene rings is 1. The third-order valence-electron chi connectivity index (χ3n) is 8.98. The van der Waals surface area contributed by atoms with Gasteiger partial charge >= 0.3 is 11.9 Å². The van der Waals surface area contributed by atoms with Crippen LogP contribution in [0.1, 0.15) is 43.8 Å². The lowest BCUT2D eigenvalue weighted by Gasteiger charge is -2.48. The van der Waals surface area contributed by atoms with E-state index in [1.807, 2.05) is 49.5 Å². The van der Waals surface area contributed by atoms with Crippen LogP contribution in [0.5, 0.6) is 11.5 Å². The van der Waals surface area contributed by atoms with Gasteiger partial charge in [0.05, 0.1) is 14.2 Å². The predicted octanol–water partition coefficient (Wildman–Crippen LogP) is 5.85. The molecule has 2 atom stereocenters. The van der Waals surface area contributed by atoms with E-state index in [4.69, 9.17) is 42.1 Å². The number of halogens is 2. The van der Waals surface area contributed by atoms with Crippen molar-refractivity contribution in [3.63, 3.8) is 0 Å². The van der Waals surface area contributed by atoms with Gasteiger partial charge in [0.25, 0.3) is 0 Å². The van der Waals surface area contributed by atoms with E-state index in [0.29, 0.717) is 57.2 Å². The van der Waals surface area contributed by atoms with Crippen molar-refractivity contribution >= 4 is 46.5 Å².